The number of hydrogen-bond acceptors (Lipinski definition) is 4. The number of methoxy groups -OCH3 is 1. The van der Waals surface area contributed by atoms with E-state index in [2.05, 4.69) is 32.9 Å². The Morgan fingerprint density at radius 3 is 2.26 bits per heavy atom. The molecule has 0 heterocycles. The monoisotopic (exact) mass is 315 g/mol. The predicted molar refractivity (Wildman–Crippen MR) is 92.5 cm³/mol. The van der Waals surface area contributed by atoms with Crippen LogP contribution in [0.5, 0.6) is 17.2 Å². The van der Waals surface area contributed by atoms with Crippen molar-refractivity contribution in [3.63, 3.8) is 0 Å². The van der Waals surface area contributed by atoms with E-state index in [1.807, 2.05) is 18.2 Å². The molecule has 0 aliphatic heterocycles. The van der Waals surface area contributed by atoms with Crippen molar-refractivity contribution in [1.82, 2.24) is 0 Å². The molecule has 0 spiro atoms. The molecule has 4 nitrogen and oxygen atoms in total. The average molecular weight is 315 g/mol. The maximum absolute atomic E-state index is 5.90. The highest BCUT2D eigenvalue weighted by Gasteiger charge is 2.08. The second kappa shape index (κ2) is 7.88. The molecular weight excluding hydrogens is 290 g/mol. The molecular formula is C19H25NO3. The van der Waals surface area contributed by atoms with Gasteiger partial charge in [0, 0.05) is 6.54 Å². The molecule has 0 atom stereocenters. The van der Waals surface area contributed by atoms with Crippen molar-refractivity contribution in [2.24, 2.45) is 5.73 Å². The summed E-state index contributed by atoms with van der Waals surface area (Å²) in [5, 5.41) is 0. The number of rotatable bonds is 7. The van der Waals surface area contributed by atoms with Gasteiger partial charge >= 0.3 is 0 Å². The largest absolute Gasteiger partial charge is 0.493 e. The van der Waals surface area contributed by atoms with Crippen LogP contribution in [0.4, 0.5) is 0 Å². The summed E-state index contributed by atoms with van der Waals surface area (Å²) in [5.41, 5.74) is 10.2. The minimum atomic E-state index is 0.450. The molecule has 0 radical (unpaired) electrons. The molecule has 2 aromatic carbocycles. The third-order valence-electron chi connectivity index (χ3n) is 3.92. The van der Waals surface area contributed by atoms with Crippen molar-refractivity contribution < 1.29 is 14.2 Å². The molecule has 0 aliphatic rings. The summed E-state index contributed by atoms with van der Waals surface area (Å²) in [5.74, 6) is 2.33. The Morgan fingerprint density at radius 1 is 0.870 bits per heavy atom. The van der Waals surface area contributed by atoms with Crippen molar-refractivity contribution >= 4 is 0 Å². The molecule has 2 aromatic rings. The summed E-state index contributed by atoms with van der Waals surface area (Å²) in [4.78, 5) is 0. The molecule has 0 fully saturated rings. The normalized spacial score (nSPS) is 10.5. The Kier molecular flexibility index (Phi) is 5.88. The summed E-state index contributed by atoms with van der Waals surface area (Å²) in [6.07, 6.45) is 0. The number of hydrogen-bond donors (Lipinski definition) is 1. The van der Waals surface area contributed by atoms with Gasteiger partial charge in [-0.05, 0) is 55.2 Å². The topological polar surface area (TPSA) is 53.7 Å². The van der Waals surface area contributed by atoms with E-state index >= 15 is 0 Å². The first-order chi connectivity index (χ1) is 11.1. The second-order valence-corrected chi connectivity index (χ2v) is 5.54. The van der Waals surface area contributed by atoms with Gasteiger partial charge in [-0.2, -0.15) is 0 Å². The zero-order chi connectivity index (χ0) is 16.8. The van der Waals surface area contributed by atoms with E-state index in [1.165, 1.54) is 11.1 Å². The van der Waals surface area contributed by atoms with Crippen LogP contribution in [0.15, 0.2) is 30.3 Å². The molecule has 2 N–H and O–H groups in total. The van der Waals surface area contributed by atoms with Crippen LogP contribution >= 0.6 is 0 Å². The van der Waals surface area contributed by atoms with Gasteiger partial charge in [0.15, 0.2) is 11.5 Å². The van der Waals surface area contributed by atoms with Gasteiger partial charge in [0.2, 0.25) is 0 Å². The first-order valence-corrected chi connectivity index (χ1v) is 7.76. The second-order valence-electron chi connectivity index (χ2n) is 5.54. The van der Waals surface area contributed by atoms with Gasteiger partial charge in [-0.3, -0.25) is 0 Å². The molecule has 0 aliphatic carbocycles. The molecule has 4 heteroatoms. The van der Waals surface area contributed by atoms with Crippen molar-refractivity contribution in [1.29, 1.82) is 0 Å². The zero-order valence-electron chi connectivity index (χ0n) is 14.3. The molecule has 23 heavy (non-hydrogen) atoms. The minimum Gasteiger partial charge on any atom is -0.493 e. The minimum absolute atomic E-state index is 0.450. The van der Waals surface area contributed by atoms with Crippen LogP contribution in [-0.2, 0) is 6.54 Å². The molecule has 0 bridgehead atoms. The van der Waals surface area contributed by atoms with Gasteiger partial charge in [-0.25, -0.2) is 0 Å². The fourth-order valence-corrected chi connectivity index (χ4v) is 2.40. The first kappa shape index (κ1) is 17.2. The van der Waals surface area contributed by atoms with E-state index in [1.54, 1.807) is 7.11 Å². The number of benzene rings is 2. The number of aryl methyl sites for hydroxylation is 2. The van der Waals surface area contributed by atoms with Crippen LogP contribution < -0.4 is 19.9 Å². The fourth-order valence-electron chi connectivity index (χ4n) is 2.40. The lowest BCUT2D eigenvalue weighted by Crippen LogP contribution is -2.11. The van der Waals surface area contributed by atoms with Crippen molar-refractivity contribution in [3.05, 3.63) is 52.6 Å². The average Bonchev–Trinajstić information content (AvgIpc) is 2.57. The Morgan fingerprint density at radius 2 is 1.57 bits per heavy atom. The van der Waals surface area contributed by atoms with Gasteiger partial charge in [-0.1, -0.05) is 18.2 Å². The first-order valence-electron chi connectivity index (χ1n) is 7.76. The van der Waals surface area contributed by atoms with Crippen LogP contribution in [0, 0.1) is 20.8 Å². The van der Waals surface area contributed by atoms with Crippen LogP contribution in [0.25, 0.3) is 0 Å². The Balaban J connectivity index is 1.95. The van der Waals surface area contributed by atoms with Gasteiger partial charge in [0.05, 0.1) is 7.11 Å². The lowest BCUT2D eigenvalue weighted by molar-refractivity contribution is 0.209. The van der Waals surface area contributed by atoms with Gasteiger partial charge in [0.1, 0.15) is 19.0 Å². The van der Waals surface area contributed by atoms with Crippen LogP contribution in [0.1, 0.15) is 22.3 Å². The molecule has 0 saturated heterocycles. The van der Waals surface area contributed by atoms with Gasteiger partial charge < -0.3 is 19.9 Å². The van der Waals surface area contributed by atoms with E-state index < -0.39 is 0 Å². The lowest BCUT2D eigenvalue weighted by Gasteiger charge is -2.15. The van der Waals surface area contributed by atoms with E-state index in [0.717, 1.165) is 16.9 Å². The smallest absolute Gasteiger partial charge is 0.161 e. The van der Waals surface area contributed by atoms with E-state index in [-0.39, 0.29) is 0 Å². The molecule has 0 amide bonds. The molecule has 0 saturated carbocycles. The quantitative estimate of drug-likeness (QED) is 0.794. The summed E-state index contributed by atoms with van der Waals surface area (Å²) in [6, 6.07) is 9.90. The zero-order valence-corrected chi connectivity index (χ0v) is 14.3. The highest BCUT2D eigenvalue weighted by Crippen LogP contribution is 2.28. The number of nitrogens with two attached hydrogens (primary N) is 1. The van der Waals surface area contributed by atoms with Gasteiger partial charge in [-0.15, -0.1) is 0 Å². The Labute approximate surface area is 138 Å². The summed E-state index contributed by atoms with van der Waals surface area (Å²) < 4.78 is 17.0. The number of ether oxygens (including phenoxy) is 3. The van der Waals surface area contributed by atoms with E-state index in [9.17, 15) is 0 Å². The Hall–Kier alpha value is -2.20. The molecule has 2 rings (SSSR count). The maximum atomic E-state index is 5.90. The summed E-state index contributed by atoms with van der Waals surface area (Å²) in [6.45, 7) is 7.62. The van der Waals surface area contributed by atoms with Crippen molar-refractivity contribution in [2.75, 3.05) is 20.3 Å². The third-order valence-corrected chi connectivity index (χ3v) is 3.92. The highest BCUT2D eigenvalue weighted by atomic mass is 16.5. The predicted octanol–water partition coefficient (Wildman–Crippen LogP) is 3.54. The van der Waals surface area contributed by atoms with Crippen LogP contribution in [0.2, 0.25) is 0 Å². The van der Waals surface area contributed by atoms with Crippen LogP contribution in [-0.4, -0.2) is 20.3 Å². The third kappa shape index (κ3) is 4.17. The fraction of sp³-hybridized carbons (Fsp3) is 0.368. The van der Waals surface area contributed by atoms with Crippen molar-refractivity contribution in [3.8, 4) is 17.2 Å². The maximum Gasteiger partial charge on any atom is 0.161 e. The molecule has 124 valence electrons. The summed E-state index contributed by atoms with van der Waals surface area (Å²) >= 11 is 0. The SMILES string of the molecule is COc1cc(CN)ccc1OCCOc1c(C)ccc(C)c1C. The van der Waals surface area contributed by atoms with Gasteiger partial charge in [0.25, 0.3) is 0 Å². The van der Waals surface area contributed by atoms with E-state index in [4.69, 9.17) is 19.9 Å². The van der Waals surface area contributed by atoms with Crippen LogP contribution in [0.3, 0.4) is 0 Å². The summed E-state index contributed by atoms with van der Waals surface area (Å²) in [7, 11) is 1.62. The Bertz CT molecular complexity index is 668. The highest BCUT2D eigenvalue weighted by molar-refractivity contribution is 5.45. The standard InChI is InChI=1S/C19H25NO3/c1-13-5-6-14(2)19(15(13)3)23-10-9-22-17-8-7-16(12-20)11-18(17)21-4/h5-8,11H,9-10,12,20H2,1-4H3. The van der Waals surface area contributed by atoms with Crippen molar-refractivity contribution in [2.45, 2.75) is 27.3 Å². The molecule has 0 aromatic heterocycles. The van der Waals surface area contributed by atoms with E-state index in [0.29, 0.717) is 31.3 Å². The lowest BCUT2D eigenvalue weighted by atomic mass is 10.1. The molecule has 0 unspecified atom stereocenters.